The number of hydrogen-bond donors (Lipinski definition) is 1. The van der Waals surface area contributed by atoms with Crippen molar-refractivity contribution < 1.29 is 9.47 Å². The molecule has 1 N–H and O–H groups in total. The van der Waals surface area contributed by atoms with Crippen LogP contribution in [0.25, 0.3) is 17.5 Å². The summed E-state index contributed by atoms with van der Waals surface area (Å²) in [4.78, 5) is 0. The van der Waals surface area contributed by atoms with Crippen LogP contribution in [0.5, 0.6) is 11.5 Å². The van der Waals surface area contributed by atoms with Crippen LogP contribution < -0.4 is 9.47 Å². The third kappa shape index (κ3) is 3.80. The molecule has 25 heavy (non-hydrogen) atoms. The lowest BCUT2D eigenvalue weighted by atomic mass is 10.2. The largest absolute Gasteiger partial charge is 0.493 e. The summed E-state index contributed by atoms with van der Waals surface area (Å²) in [6, 6.07) is 15.8. The molecule has 0 radical (unpaired) electrons. The van der Waals surface area contributed by atoms with E-state index < -0.39 is 0 Å². The van der Waals surface area contributed by atoms with Crippen LogP contribution in [0, 0.1) is 4.77 Å². The number of nitrogens with one attached hydrogen (secondary N) is 1. The number of methoxy groups -OCH3 is 2. The zero-order valence-electron chi connectivity index (χ0n) is 14.1. The molecule has 0 unspecified atom stereocenters. The second kappa shape index (κ2) is 7.81. The van der Waals surface area contributed by atoms with Crippen LogP contribution in [0.4, 0.5) is 0 Å². The summed E-state index contributed by atoms with van der Waals surface area (Å²) in [7, 11) is 3.23. The number of H-pyrrole nitrogens is 1. The van der Waals surface area contributed by atoms with Gasteiger partial charge in [-0.2, -0.15) is 5.10 Å². The highest BCUT2D eigenvalue weighted by Crippen LogP contribution is 2.31. The fraction of sp³-hybridized carbons (Fsp3) is 0.158. The van der Waals surface area contributed by atoms with Gasteiger partial charge in [0, 0.05) is 12.1 Å². The molecule has 5 nitrogen and oxygen atoms in total. The molecular formula is C19H19N3O2S. The number of aromatic nitrogens is 3. The number of rotatable bonds is 6. The molecule has 0 spiro atoms. The number of allylic oxidation sites excluding steroid dienone is 1. The van der Waals surface area contributed by atoms with E-state index in [1.807, 2.05) is 41.0 Å². The molecule has 0 saturated carbocycles. The Balaban J connectivity index is 1.89. The third-order valence-electron chi connectivity index (χ3n) is 3.80. The topological polar surface area (TPSA) is 52.1 Å². The molecule has 6 heteroatoms. The molecule has 0 aliphatic rings. The predicted molar refractivity (Wildman–Crippen MR) is 101 cm³/mol. The molecule has 0 aliphatic heterocycles. The van der Waals surface area contributed by atoms with Crippen molar-refractivity contribution in [2.24, 2.45) is 0 Å². The van der Waals surface area contributed by atoms with Crippen molar-refractivity contribution in [2.45, 2.75) is 6.54 Å². The predicted octanol–water partition coefficient (Wildman–Crippen LogP) is 4.34. The Morgan fingerprint density at radius 1 is 1.08 bits per heavy atom. The Morgan fingerprint density at radius 2 is 1.84 bits per heavy atom. The van der Waals surface area contributed by atoms with Gasteiger partial charge in [0.05, 0.1) is 14.2 Å². The maximum atomic E-state index is 5.37. The van der Waals surface area contributed by atoms with Crippen molar-refractivity contribution >= 4 is 18.3 Å². The lowest BCUT2D eigenvalue weighted by Gasteiger charge is -2.10. The summed E-state index contributed by atoms with van der Waals surface area (Å²) in [5.41, 5.74) is 2.04. The Kier molecular flexibility index (Phi) is 5.30. The van der Waals surface area contributed by atoms with Crippen LogP contribution in [-0.4, -0.2) is 29.0 Å². The normalized spacial score (nSPS) is 11.0. The molecule has 0 atom stereocenters. The van der Waals surface area contributed by atoms with Crippen molar-refractivity contribution in [1.82, 2.24) is 14.8 Å². The van der Waals surface area contributed by atoms with E-state index >= 15 is 0 Å². The van der Waals surface area contributed by atoms with Gasteiger partial charge in [-0.25, -0.2) is 0 Å². The van der Waals surface area contributed by atoms with Crippen LogP contribution in [0.1, 0.15) is 5.56 Å². The average molecular weight is 353 g/mol. The molecule has 0 bridgehead atoms. The maximum absolute atomic E-state index is 5.37. The lowest BCUT2D eigenvalue weighted by molar-refractivity contribution is 0.355. The Hall–Kier alpha value is -2.86. The highest BCUT2D eigenvalue weighted by atomic mass is 32.1. The van der Waals surface area contributed by atoms with Crippen LogP contribution in [-0.2, 0) is 6.54 Å². The summed E-state index contributed by atoms with van der Waals surface area (Å²) in [5.74, 6) is 2.08. The first-order valence-corrected chi connectivity index (χ1v) is 8.23. The van der Waals surface area contributed by atoms with Crippen molar-refractivity contribution in [3.63, 3.8) is 0 Å². The Labute approximate surface area is 151 Å². The zero-order chi connectivity index (χ0) is 17.6. The minimum atomic E-state index is 0.572. The van der Waals surface area contributed by atoms with Crippen LogP contribution in [0.15, 0.2) is 54.6 Å². The quantitative estimate of drug-likeness (QED) is 0.670. The van der Waals surface area contributed by atoms with Gasteiger partial charge in [0.2, 0.25) is 0 Å². The summed E-state index contributed by atoms with van der Waals surface area (Å²) >= 11 is 5.37. The monoisotopic (exact) mass is 353 g/mol. The summed E-state index contributed by atoms with van der Waals surface area (Å²) < 4.78 is 13.2. The maximum Gasteiger partial charge on any atom is 0.195 e. The van der Waals surface area contributed by atoms with Gasteiger partial charge in [0.25, 0.3) is 0 Å². The standard InChI is InChI=1S/C19H19N3O2S/c1-23-16-11-10-15(13-17(16)24-2)18-20-21-19(25)22(18)12-6-9-14-7-4-3-5-8-14/h3-11,13H,12H2,1-2H3,(H,21,25)/b9-6-. The van der Waals surface area contributed by atoms with E-state index in [-0.39, 0.29) is 0 Å². The molecular weight excluding hydrogens is 334 g/mol. The van der Waals surface area contributed by atoms with Gasteiger partial charge in [-0.3, -0.25) is 9.67 Å². The van der Waals surface area contributed by atoms with Gasteiger partial charge in [-0.1, -0.05) is 42.5 Å². The highest BCUT2D eigenvalue weighted by Gasteiger charge is 2.11. The van der Waals surface area contributed by atoms with E-state index in [0.29, 0.717) is 22.8 Å². The first-order chi connectivity index (χ1) is 12.2. The van der Waals surface area contributed by atoms with Gasteiger partial charge in [-0.15, -0.1) is 0 Å². The minimum absolute atomic E-state index is 0.572. The lowest BCUT2D eigenvalue weighted by Crippen LogP contribution is -1.99. The van der Waals surface area contributed by atoms with Crippen molar-refractivity contribution in [2.75, 3.05) is 14.2 Å². The molecule has 0 saturated heterocycles. The van der Waals surface area contributed by atoms with Gasteiger partial charge in [0.1, 0.15) is 0 Å². The van der Waals surface area contributed by atoms with E-state index in [2.05, 4.69) is 34.5 Å². The van der Waals surface area contributed by atoms with Crippen molar-refractivity contribution in [3.05, 3.63) is 64.9 Å². The van der Waals surface area contributed by atoms with Gasteiger partial charge in [0.15, 0.2) is 22.1 Å². The van der Waals surface area contributed by atoms with E-state index in [4.69, 9.17) is 21.7 Å². The fourth-order valence-corrected chi connectivity index (χ4v) is 2.75. The number of nitrogens with zero attached hydrogens (tertiary/aromatic N) is 2. The summed E-state index contributed by atoms with van der Waals surface area (Å²) in [6.07, 6.45) is 4.12. The molecule has 2 aromatic carbocycles. The molecule has 1 heterocycles. The minimum Gasteiger partial charge on any atom is -0.493 e. The SMILES string of the molecule is COc1ccc(-c2n[nH]c(=S)n2C/C=C\c2ccccc2)cc1OC. The van der Waals surface area contributed by atoms with Gasteiger partial charge < -0.3 is 9.47 Å². The summed E-state index contributed by atoms with van der Waals surface area (Å²) in [6.45, 7) is 0.619. The van der Waals surface area contributed by atoms with E-state index in [0.717, 1.165) is 17.0 Å². The smallest absolute Gasteiger partial charge is 0.195 e. The second-order valence-corrected chi connectivity index (χ2v) is 5.73. The van der Waals surface area contributed by atoms with E-state index in [1.54, 1.807) is 14.2 Å². The van der Waals surface area contributed by atoms with Crippen LogP contribution >= 0.6 is 12.2 Å². The number of ether oxygens (including phenoxy) is 2. The Morgan fingerprint density at radius 3 is 2.56 bits per heavy atom. The molecule has 0 fully saturated rings. The first kappa shape index (κ1) is 17.0. The van der Waals surface area contributed by atoms with Crippen molar-refractivity contribution in [3.8, 4) is 22.9 Å². The molecule has 128 valence electrons. The Bertz CT molecular complexity index is 929. The number of aromatic amines is 1. The molecule has 3 rings (SSSR count). The van der Waals surface area contributed by atoms with Crippen LogP contribution in [0.2, 0.25) is 0 Å². The third-order valence-corrected chi connectivity index (χ3v) is 4.11. The van der Waals surface area contributed by atoms with E-state index in [1.165, 1.54) is 0 Å². The fourth-order valence-electron chi connectivity index (χ4n) is 2.54. The van der Waals surface area contributed by atoms with Crippen LogP contribution in [0.3, 0.4) is 0 Å². The molecule has 1 aromatic heterocycles. The highest BCUT2D eigenvalue weighted by molar-refractivity contribution is 7.71. The first-order valence-electron chi connectivity index (χ1n) is 7.82. The number of hydrogen-bond acceptors (Lipinski definition) is 4. The molecule has 0 amide bonds. The molecule has 0 aliphatic carbocycles. The zero-order valence-corrected chi connectivity index (χ0v) is 14.9. The van der Waals surface area contributed by atoms with Crippen molar-refractivity contribution in [1.29, 1.82) is 0 Å². The summed E-state index contributed by atoms with van der Waals surface area (Å²) in [5, 5.41) is 7.22. The number of benzene rings is 2. The van der Waals surface area contributed by atoms with Gasteiger partial charge >= 0.3 is 0 Å². The molecule has 3 aromatic rings. The second-order valence-electron chi connectivity index (χ2n) is 5.35. The van der Waals surface area contributed by atoms with E-state index in [9.17, 15) is 0 Å². The van der Waals surface area contributed by atoms with Gasteiger partial charge in [-0.05, 0) is 36.0 Å². The average Bonchev–Trinajstić information content (AvgIpc) is 3.02.